The molecule has 0 radical (unpaired) electrons. The summed E-state index contributed by atoms with van der Waals surface area (Å²) in [5.74, 6) is 0. The van der Waals surface area contributed by atoms with Gasteiger partial charge in [-0.1, -0.05) is 60.7 Å². The minimum Gasteiger partial charge on any atom is -0.135 e. The number of fused-ring (bicyclic) bond motifs is 2. The van der Waals surface area contributed by atoms with Crippen LogP contribution in [0.15, 0.2) is 84.9 Å². The molecule has 0 unspecified atom stereocenters. The lowest BCUT2D eigenvalue weighted by Crippen LogP contribution is -1.67. The van der Waals surface area contributed by atoms with Crippen molar-refractivity contribution in [3.05, 3.63) is 84.9 Å². The molecule has 0 saturated carbocycles. The first-order chi connectivity index (χ1) is 11.9. The molecule has 0 N–H and O–H groups in total. The van der Waals surface area contributed by atoms with Crippen LogP contribution in [0.25, 0.3) is 41.1 Å². The Morgan fingerprint density at radius 1 is 0.458 bits per heavy atom. The fraction of sp³-hybridized carbons (Fsp3) is 0. The molecule has 0 aliphatic heterocycles. The fourth-order valence-electron chi connectivity index (χ4n) is 3.06. The van der Waals surface area contributed by atoms with Crippen LogP contribution in [0.3, 0.4) is 0 Å². The Labute approximate surface area is 148 Å². The molecule has 0 amide bonds. The highest BCUT2D eigenvalue weighted by Gasteiger charge is 2.09. The molecule has 3 aromatic carbocycles. The van der Waals surface area contributed by atoms with Crippen LogP contribution in [0.2, 0.25) is 0 Å². The van der Waals surface area contributed by atoms with Gasteiger partial charge in [0.2, 0.25) is 0 Å². The van der Waals surface area contributed by atoms with E-state index in [4.69, 9.17) is 0 Å². The van der Waals surface area contributed by atoms with Gasteiger partial charge in [-0.15, -0.1) is 22.7 Å². The number of benzene rings is 3. The molecule has 2 heterocycles. The standard InChI is InChI=1S/C22H14S2/c1-3-7-15(8-4-1)19-11-17-13-22-18(14-21(17)23-19)12-20(24-22)16-9-5-2-6-10-16/h1-14H. The summed E-state index contributed by atoms with van der Waals surface area (Å²) < 4.78 is 2.72. The SMILES string of the molecule is c1ccc(-c2cc3cc4sc(-c5ccccc5)cc4cc3s2)cc1. The van der Waals surface area contributed by atoms with Gasteiger partial charge in [-0.25, -0.2) is 0 Å². The van der Waals surface area contributed by atoms with Crippen molar-refractivity contribution >= 4 is 42.8 Å². The molecule has 0 spiro atoms. The summed E-state index contributed by atoms with van der Waals surface area (Å²) in [4.78, 5) is 2.68. The molecule has 0 saturated heterocycles. The second-order valence-electron chi connectivity index (χ2n) is 5.88. The van der Waals surface area contributed by atoms with Gasteiger partial charge in [0, 0.05) is 19.2 Å². The van der Waals surface area contributed by atoms with E-state index in [2.05, 4.69) is 84.9 Å². The van der Waals surface area contributed by atoms with Crippen LogP contribution in [0.1, 0.15) is 0 Å². The van der Waals surface area contributed by atoms with Crippen molar-refractivity contribution in [3.63, 3.8) is 0 Å². The third-order valence-electron chi connectivity index (χ3n) is 4.27. The lowest BCUT2D eigenvalue weighted by molar-refractivity contribution is 1.70. The smallest absolute Gasteiger partial charge is 0.0356 e. The van der Waals surface area contributed by atoms with Crippen LogP contribution in [0.4, 0.5) is 0 Å². The normalized spacial score (nSPS) is 11.3. The van der Waals surface area contributed by atoms with Crippen molar-refractivity contribution in [1.29, 1.82) is 0 Å². The predicted octanol–water partition coefficient (Wildman–Crippen LogP) is 7.45. The van der Waals surface area contributed by atoms with Crippen LogP contribution in [-0.2, 0) is 0 Å². The minimum atomic E-state index is 1.30. The Morgan fingerprint density at radius 3 is 1.29 bits per heavy atom. The van der Waals surface area contributed by atoms with Gasteiger partial charge in [-0.3, -0.25) is 0 Å². The van der Waals surface area contributed by atoms with Crippen LogP contribution in [-0.4, -0.2) is 0 Å². The number of thiophene rings is 2. The monoisotopic (exact) mass is 342 g/mol. The third kappa shape index (κ3) is 2.35. The van der Waals surface area contributed by atoms with Gasteiger partial charge in [-0.05, 0) is 46.2 Å². The highest BCUT2D eigenvalue weighted by Crippen LogP contribution is 2.40. The molecule has 5 aromatic rings. The lowest BCUT2D eigenvalue weighted by Gasteiger charge is -1.94. The Kier molecular flexibility index (Phi) is 3.25. The zero-order valence-corrected chi connectivity index (χ0v) is 14.5. The van der Waals surface area contributed by atoms with Crippen LogP contribution < -0.4 is 0 Å². The summed E-state index contributed by atoms with van der Waals surface area (Å²) in [5.41, 5.74) is 2.60. The highest BCUT2D eigenvalue weighted by atomic mass is 32.1. The number of hydrogen-bond acceptors (Lipinski definition) is 2. The maximum Gasteiger partial charge on any atom is 0.0356 e. The molecule has 0 aliphatic carbocycles. The van der Waals surface area contributed by atoms with E-state index < -0.39 is 0 Å². The maximum absolute atomic E-state index is 2.34. The van der Waals surface area contributed by atoms with Crippen molar-refractivity contribution in [2.45, 2.75) is 0 Å². The molecule has 0 fully saturated rings. The van der Waals surface area contributed by atoms with Gasteiger partial charge in [0.1, 0.15) is 0 Å². The molecule has 0 atom stereocenters. The van der Waals surface area contributed by atoms with Gasteiger partial charge < -0.3 is 0 Å². The second-order valence-corrected chi connectivity index (χ2v) is 8.05. The summed E-state index contributed by atoms with van der Waals surface area (Å²) >= 11 is 3.75. The lowest BCUT2D eigenvalue weighted by atomic mass is 10.1. The molecule has 2 aromatic heterocycles. The van der Waals surface area contributed by atoms with Gasteiger partial charge >= 0.3 is 0 Å². The quantitative estimate of drug-likeness (QED) is 0.312. The molecule has 24 heavy (non-hydrogen) atoms. The highest BCUT2D eigenvalue weighted by molar-refractivity contribution is 7.23. The van der Waals surface area contributed by atoms with Crippen LogP contribution in [0.5, 0.6) is 0 Å². The van der Waals surface area contributed by atoms with Gasteiger partial charge in [-0.2, -0.15) is 0 Å². The van der Waals surface area contributed by atoms with E-state index in [1.165, 1.54) is 41.1 Å². The minimum absolute atomic E-state index is 1.30. The Bertz CT molecular complexity index is 992. The molecule has 0 nitrogen and oxygen atoms in total. The Balaban J connectivity index is 1.65. The largest absolute Gasteiger partial charge is 0.135 e. The average molecular weight is 342 g/mol. The van der Waals surface area contributed by atoms with Crippen molar-refractivity contribution in [2.75, 3.05) is 0 Å². The zero-order chi connectivity index (χ0) is 15.9. The maximum atomic E-state index is 2.34. The Morgan fingerprint density at radius 2 is 0.875 bits per heavy atom. The van der Waals surface area contributed by atoms with Crippen LogP contribution in [0, 0.1) is 0 Å². The van der Waals surface area contributed by atoms with Crippen LogP contribution >= 0.6 is 22.7 Å². The number of hydrogen-bond donors (Lipinski definition) is 0. The van der Waals surface area contributed by atoms with E-state index in [1.807, 2.05) is 22.7 Å². The predicted molar refractivity (Wildman–Crippen MR) is 108 cm³/mol. The molecule has 5 rings (SSSR count). The van der Waals surface area contributed by atoms with E-state index in [1.54, 1.807) is 0 Å². The van der Waals surface area contributed by atoms with Crippen molar-refractivity contribution in [3.8, 4) is 20.9 Å². The first kappa shape index (κ1) is 14.0. The van der Waals surface area contributed by atoms with E-state index in [0.717, 1.165) is 0 Å². The zero-order valence-electron chi connectivity index (χ0n) is 12.9. The fourth-order valence-corrected chi connectivity index (χ4v) is 5.26. The van der Waals surface area contributed by atoms with E-state index >= 15 is 0 Å². The van der Waals surface area contributed by atoms with Crippen molar-refractivity contribution in [1.82, 2.24) is 0 Å². The molecular weight excluding hydrogens is 328 g/mol. The second kappa shape index (κ2) is 5.59. The molecule has 0 aliphatic rings. The summed E-state index contributed by atoms with van der Waals surface area (Å²) in [6.07, 6.45) is 0. The van der Waals surface area contributed by atoms with Gasteiger partial charge in [0.05, 0.1) is 0 Å². The van der Waals surface area contributed by atoms with Gasteiger partial charge in [0.15, 0.2) is 0 Å². The average Bonchev–Trinajstić information content (AvgIpc) is 3.24. The van der Waals surface area contributed by atoms with Crippen molar-refractivity contribution in [2.24, 2.45) is 0 Å². The molecule has 114 valence electrons. The topological polar surface area (TPSA) is 0 Å². The summed E-state index contributed by atoms with van der Waals surface area (Å²) in [5, 5.41) is 2.68. The summed E-state index contributed by atoms with van der Waals surface area (Å²) in [6, 6.07) is 30.6. The summed E-state index contributed by atoms with van der Waals surface area (Å²) in [6.45, 7) is 0. The third-order valence-corrected chi connectivity index (χ3v) is 6.57. The molecular formula is C22H14S2. The Hall–Kier alpha value is -2.42. The summed E-state index contributed by atoms with van der Waals surface area (Å²) in [7, 11) is 0. The van der Waals surface area contributed by atoms with Gasteiger partial charge in [0.25, 0.3) is 0 Å². The molecule has 2 heteroatoms. The van der Waals surface area contributed by atoms with E-state index in [0.29, 0.717) is 0 Å². The first-order valence-electron chi connectivity index (χ1n) is 7.95. The van der Waals surface area contributed by atoms with E-state index in [9.17, 15) is 0 Å². The van der Waals surface area contributed by atoms with E-state index in [-0.39, 0.29) is 0 Å². The first-order valence-corrected chi connectivity index (χ1v) is 9.58. The molecule has 0 bridgehead atoms. The number of rotatable bonds is 2. The van der Waals surface area contributed by atoms with Crippen molar-refractivity contribution < 1.29 is 0 Å².